The van der Waals surface area contributed by atoms with E-state index in [0.29, 0.717) is 5.92 Å². The van der Waals surface area contributed by atoms with Gasteiger partial charge < -0.3 is 6.15 Å². The predicted molar refractivity (Wildman–Crippen MR) is 63.1 cm³/mol. The van der Waals surface area contributed by atoms with Gasteiger partial charge >= 0.3 is 0 Å². The van der Waals surface area contributed by atoms with E-state index in [1.165, 1.54) is 16.3 Å². The van der Waals surface area contributed by atoms with Crippen LogP contribution in [-0.4, -0.2) is 0 Å². The Labute approximate surface area is 85.3 Å². The predicted octanol–water partition coefficient (Wildman–Crippen LogP) is 4.13. The van der Waals surface area contributed by atoms with Crippen LogP contribution in [-0.2, 0) is 0 Å². The summed E-state index contributed by atoms with van der Waals surface area (Å²) in [6.45, 7) is 4.48. The zero-order valence-electron chi connectivity index (χ0n) is 8.83. The molecule has 0 saturated carbocycles. The van der Waals surface area contributed by atoms with Gasteiger partial charge in [-0.25, -0.2) is 0 Å². The first kappa shape index (κ1) is 10.7. The van der Waals surface area contributed by atoms with E-state index in [0.717, 1.165) is 0 Å². The molecule has 0 aromatic heterocycles. The molecule has 0 aliphatic rings. The maximum atomic E-state index is 2.24. The molecular formula is C13H17N. The van der Waals surface area contributed by atoms with Crippen LogP contribution in [0, 0.1) is 0 Å². The average molecular weight is 187 g/mol. The summed E-state index contributed by atoms with van der Waals surface area (Å²) >= 11 is 0. The molecule has 2 rings (SSSR count). The first-order chi connectivity index (χ1) is 6.29. The Kier molecular flexibility index (Phi) is 3.26. The molecule has 1 nitrogen and oxygen atoms in total. The molecule has 1 heteroatoms. The van der Waals surface area contributed by atoms with Crippen LogP contribution in [0.25, 0.3) is 10.8 Å². The summed E-state index contributed by atoms with van der Waals surface area (Å²) in [5, 5.41) is 2.73. The molecule has 2 aromatic rings. The van der Waals surface area contributed by atoms with Crippen molar-refractivity contribution in [3.8, 4) is 0 Å². The van der Waals surface area contributed by atoms with Crippen LogP contribution < -0.4 is 6.15 Å². The third kappa shape index (κ3) is 1.78. The molecule has 0 amide bonds. The molecule has 0 spiro atoms. The standard InChI is InChI=1S/C13H14.H3N/c1-10(2)12-9-5-7-11-6-3-4-8-13(11)12;/h3-10H,1-2H3;1H3. The van der Waals surface area contributed by atoms with Gasteiger partial charge in [-0.3, -0.25) is 0 Å². The van der Waals surface area contributed by atoms with Gasteiger partial charge in [-0.1, -0.05) is 56.3 Å². The van der Waals surface area contributed by atoms with Crippen LogP contribution in [0.4, 0.5) is 0 Å². The van der Waals surface area contributed by atoms with Gasteiger partial charge in [0.2, 0.25) is 0 Å². The minimum atomic E-state index is 0. The van der Waals surface area contributed by atoms with Crippen molar-refractivity contribution in [3.63, 3.8) is 0 Å². The van der Waals surface area contributed by atoms with Crippen molar-refractivity contribution in [2.75, 3.05) is 0 Å². The second-order valence-corrected chi connectivity index (χ2v) is 3.72. The van der Waals surface area contributed by atoms with E-state index in [4.69, 9.17) is 0 Å². The molecule has 0 atom stereocenters. The molecule has 0 unspecified atom stereocenters. The Morgan fingerprint density at radius 1 is 0.857 bits per heavy atom. The van der Waals surface area contributed by atoms with Crippen molar-refractivity contribution < 1.29 is 0 Å². The van der Waals surface area contributed by atoms with E-state index >= 15 is 0 Å². The van der Waals surface area contributed by atoms with Gasteiger partial charge in [-0.2, -0.15) is 0 Å². The molecule has 0 heterocycles. The van der Waals surface area contributed by atoms with E-state index in [9.17, 15) is 0 Å². The molecule has 74 valence electrons. The monoisotopic (exact) mass is 187 g/mol. The molecule has 0 aliphatic heterocycles. The lowest BCUT2D eigenvalue weighted by Crippen LogP contribution is -1.88. The summed E-state index contributed by atoms with van der Waals surface area (Å²) in [6.07, 6.45) is 0. The van der Waals surface area contributed by atoms with Crippen molar-refractivity contribution in [1.29, 1.82) is 0 Å². The fraction of sp³-hybridized carbons (Fsp3) is 0.231. The highest BCUT2D eigenvalue weighted by atomic mass is 14.1. The van der Waals surface area contributed by atoms with E-state index < -0.39 is 0 Å². The number of benzene rings is 2. The summed E-state index contributed by atoms with van der Waals surface area (Å²) in [7, 11) is 0. The van der Waals surface area contributed by atoms with Crippen molar-refractivity contribution in [3.05, 3.63) is 48.0 Å². The average Bonchev–Trinajstić information content (AvgIpc) is 2.17. The van der Waals surface area contributed by atoms with Crippen molar-refractivity contribution in [1.82, 2.24) is 6.15 Å². The van der Waals surface area contributed by atoms with E-state index in [-0.39, 0.29) is 6.15 Å². The number of hydrogen-bond donors (Lipinski definition) is 1. The second-order valence-electron chi connectivity index (χ2n) is 3.72. The van der Waals surface area contributed by atoms with Gasteiger partial charge in [0.05, 0.1) is 0 Å². The van der Waals surface area contributed by atoms with Crippen molar-refractivity contribution >= 4 is 10.8 Å². The highest BCUT2D eigenvalue weighted by Gasteiger charge is 2.02. The van der Waals surface area contributed by atoms with Gasteiger partial charge in [0.1, 0.15) is 0 Å². The third-order valence-electron chi connectivity index (χ3n) is 2.45. The maximum Gasteiger partial charge on any atom is -0.0149 e. The minimum absolute atomic E-state index is 0. The summed E-state index contributed by atoms with van der Waals surface area (Å²) in [5.41, 5.74) is 1.44. The highest BCUT2D eigenvalue weighted by Crippen LogP contribution is 2.24. The molecule has 0 radical (unpaired) electrons. The maximum absolute atomic E-state index is 2.24. The van der Waals surface area contributed by atoms with Crippen molar-refractivity contribution in [2.45, 2.75) is 19.8 Å². The van der Waals surface area contributed by atoms with Gasteiger partial charge in [0, 0.05) is 0 Å². The van der Waals surface area contributed by atoms with Crippen LogP contribution in [0.1, 0.15) is 25.3 Å². The van der Waals surface area contributed by atoms with Crippen LogP contribution in [0.2, 0.25) is 0 Å². The number of fused-ring (bicyclic) bond motifs is 1. The Morgan fingerprint density at radius 3 is 2.21 bits per heavy atom. The van der Waals surface area contributed by atoms with Crippen LogP contribution in [0.5, 0.6) is 0 Å². The SMILES string of the molecule is CC(C)c1cccc2ccccc12.N. The zero-order chi connectivity index (χ0) is 9.26. The van der Waals surface area contributed by atoms with E-state index in [1.54, 1.807) is 0 Å². The lowest BCUT2D eigenvalue weighted by molar-refractivity contribution is 0.876. The van der Waals surface area contributed by atoms with Gasteiger partial charge in [-0.15, -0.1) is 0 Å². The highest BCUT2D eigenvalue weighted by molar-refractivity contribution is 5.86. The summed E-state index contributed by atoms with van der Waals surface area (Å²) < 4.78 is 0. The summed E-state index contributed by atoms with van der Waals surface area (Å²) in [6, 6.07) is 15.1. The second kappa shape index (κ2) is 4.25. The Hall–Kier alpha value is -1.34. The fourth-order valence-corrected chi connectivity index (χ4v) is 1.75. The lowest BCUT2D eigenvalue weighted by Gasteiger charge is -2.08. The smallest absolute Gasteiger partial charge is 0.0149 e. The lowest BCUT2D eigenvalue weighted by atomic mass is 9.96. The van der Waals surface area contributed by atoms with Crippen molar-refractivity contribution in [2.24, 2.45) is 0 Å². The van der Waals surface area contributed by atoms with Gasteiger partial charge in [-0.05, 0) is 22.3 Å². The van der Waals surface area contributed by atoms with Crippen LogP contribution >= 0.6 is 0 Å². The van der Waals surface area contributed by atoms with E-state index in [1.807, 2.05) is 0 Å². The van der Waals surface area contributed by atoms with Crippen LogP contribution in [0.3, 0.4) is 0 Å². The Bertz CT molecular complexity index is 413. The normalized spacial score (nSPS) is 10.2. The molecule has 0 saturated heterocycles. The first-order valence-corrected chi connectivity index (χ1v) is 4.76. The minimum Gasteiger partial charge on any atom is -0.344 e. The third-order valence-corrected chi connectivity index (χ3v) is 2.45. The molecular weight excluding hydrogens is 170 g/mol. The fourth-order valence-electron chi connectivity index (χ4n) is 1.75. The Morgan fingerprint density at radius 2 is 1.50 bits per heavy atom. The first-order valence-electron chi connectivity index (χ1n) is 4.76. The Balaban J connectivity index is 0.000000980. The molecule has 0 bridgehead atoms. The van der Waals surface area contributed by atoms with E-state index in [2.05, 4.69) is 56.3 Å². The molecule has 14 heavy (non-hydrogen) atoms. The molecule has 3 N–H and O–H groups in total. The van der Waals surface area contributed by atoms with Gasteiger partial charge in [0.15, 0.2) is 0 Å². The zero-order valence-corrected chi connectivity index (χ0v) is 8.83. The molecule has 0 fully saturated rings. The number of hydrogen-bond acceptors (Lipinski definition) is 1. The summed E-state index contributed by atoms with van der Waals surface area (Å²) in [5.74, 6) is 0.603. The topological polar surface area (TPSA) is 35.0 Å². The van der Waals surface area contributed by atoms with Crippen LogP contribution in [0.15, 0.2) is 42.5 Å². The summed E-state index contributed by atoms with van der Waals surface area (Å²) in [4.78, 5) is 0. The molecule has 0 aliphatic carbocycles. The molecule has 2 aromatic carbocycles. The largest absolute Gasteiger partial charge is 0.344 e. The number of rotatable bonds is 1. The quantitative estimate of drug-likeness (QED) is 0.715. The van der Waals surface area contributed by atoms with Gasteiger partial charge in [0.25, 0.3) is 0 Å².